The van der Waals surface area contributed by atoms with Gasteiger partial charge in [-0.2, -0.15) is 0 Å². The quantitative estimate of drug-likeness (QED) is 0.885. The van der Waals surface area contributed by atoms with Gasteiger partial charge in [-0.25, -0.2) is 0 Å². The molecule has 2 aliphatic carbocycles. The Morgan fingerprint density at radius 2 is 1.91 bits per heavy atom. The molecule has 1 amide bonds. The van der Waals surface area contributed by atoms with Crippen LogP contribution < -0.4 is 0 Å². The molecule has 2 saturated carbocycles. The maximum atomic E-state index is 12.8. The van der Waals surface area contributed by atoms with Crippen LogP contribution in [-0.2, 0) is 0 Å². The van der Waals surface area contributed by atoms with Gasteiger partial charge in [-0.05, 0) is 61.8 Å². The Hall–Kier alpha value is -1.52. The second kappa shape index (κ2) is 5.53. The number of hydrogen-bond donors (Lipinski definition) is 2. The lowest BCUT2D eigenvalue weighted by Crippen LogP contribution is -2.36. The fourth-order valence-electron chi connectivity index (χ4n) is 4.44. The zero-order chi connectivity index (χ0) is 16.1. The number of benzene rings is 1. The van der Waals surface area contributed by atoms with Crippen LogP contribution in [0.25, 0.3) is 10.9 Å². The van der Waals surface area contributed by atoms with Crippen LogP contribution in [0.3, 0.4) is 0 Å². The summed E-state index contributed by atoms with van der Waals surface area (Å²) in [5, 5.41) is 11.4. The van der Waals surface area contributed by atoms with Gasteiger partial charge in [0.05, 0.1) is 6.10 Å². The maximum absolute atomic E-state index is 12.8. The summed E-state index contributed by atoms with van der Waals surface area (Å²) >= 11 is 6.01. The highest BCUT2D eigenvalue weighted by Gasteiger charge is 2.43. The van der Waals surface area contributed by atoms with Gasteiger partial charge in [-0.15, -0.1) is 0 Å². The second-order valence-corrected chi connectivity index (χ2v) is 7.54. The summed E-state index contributed by atoms with van der Waals surface area (Å²) in [7, 11) is 1.89. The third-order valence-electron chi connectivity index (χ3n) is 5.65. The molecular formula is C18H21ClN2O2. The predicted molar refractivity (Wildman–Crippen MR) is 90.6 cm³/mol. The van der Waals surface area contributed by atoms with Gasteiger partial charge in [-0.3, -0.25) is 4.79 Å². The van der Waals surface area contributed by atoms with Crippen molar-refractivity contribution in [3.8, 4) is 0 Å². The molecule has 0 radical (unpaired) electrons. The number of nitrogens with one attached hydrogen (secondary N) is 1. The lowest BCUT2D eigenvalue weighted by molar-refractivity contribution is 0.0717. The smallest absolute Gasteiger partial charge is 0.270 e. The molecule has 2 aliphatic rings. The van der Waals surface area contributed by atoms with E-state index in [1.54, 1.807) is 0 Å². The number of aromatic amines is 1. The number of fused-ring (bicyclic) bond motifs is 2. The topological polar surface area (TPSA) is 56.3 Å². The van der Waals surface area contributed by atoms with Crippen molar-refractivity contribution in [1.29, 1.82) is 0 Å². The van der Waals surface area contributed by atoms with E-state index in [4.69, 9.17) is 11.6 Å². The summed E-state index contributed by atoms with van der Waals surface area (Å²) in [6, 6.07) is 7.74. The Bertz CT molecular complexity index is 743. The normalized spacial score (nSPS) is 29.9. The number of carbonyl (C=O) groups excluding carboxylic acids is 1. The average Bonchev–Trinajstić information content (AvgIpc) is 3.17. The molecule has 0 bridgehead atoms. The summed E-state index contributed by atoms with van der Waals surface area (Å²) < 4.78 is 0. The Kier molecular flexibility index (Phi) is 3.62. The zero-order valence-electron chi connectivity index (χ0n) is 13.1. The van der Waals surface area contributed by atoms with Crippen molar-refractivity contribution in [2.24, 2.45) is 11.8 Å². The number of carbonyl (C=O) groups is 1. The molecule has 0 saturated heterocycles. The van der Waals surface area contributed by atoms with Crippen molar-refractivity contribution in [2.45, 2.75) is 37.8 Å². The van der Waals surface area contributed by atoms with E-state index in [0.717, 1.165) is 36.6 Å². The van der Waals surface area contributed by atoms with E-state index in [1.165, 1.54) is 0 Å². The van der Waals surface area contributed by atoms with Crippen LogP contribution in [0.2, 0.25) is 5.02 Å². The molecule has 0 aliphatic heterocycles. The second-order valence-electron chi connectivity index (χ2n) is 7.10. The number of aromatic nitrogens is 1. The third-order valence-corrected chi connectivity index (χ3v) is 5.88. The first-order valence-corrected chi connectivity index (χ1v) is 8.62. The first-order valence-electron chi connectivity index (χ1n) is 8.25. The number of aliphatic hydroxyl groups excluding tert-OH is 1. The van der Waals surface area contributed by atoms with Crippen molar-refractivity contribution in [3.63, 3.8) is 0 Å². The summed E-state index contributed by atoms with van der Waals surface area (Å²) in [4.78, 5) is 17.8. The molecule has 2 aromatic rings. The van der Waals surface area contributed by atoms with Gasteiger partial charge >= 0.3 is 0 Å². The minimum Gasteiger partial charge on any atom is -0.393 e. The van der Waals surface area contributed by atoms with E-state index < -0.39 is 0 Å². The minimum absolute atomic E-state index is 0.0304. The Morgan fingerprint density at radius 1 is 1.22 bits per heavy atom. The first kappa shape index (κ1) is 15.0. The van der Waals surface area contributed by atoms with Crippen LogP contribution >= 0.6 is 11.6 Å². The van der Waals surface area contributed by atoms with Gasteiger partial charge < -0.3 is 15.0 Å². The summed E-state index contributed by atoms with van der Waals surface area (Å²) in [6.07, 6.45) is 3.68. The number of nitrogens with zero attached hydrogens (tertiary/aromatic N) is 1. The van der Waals surface area contributed by atoms with E-state index >= 15 is 0 Å². The molecule has 1 aromatic heterocycles. The molecule has 0 spiro atoms. The molecule has 4 nitrogen and oxygen atoms in total. The van der Waals surface area contributed by atoms with E-state index in [0.29, 0.717) is 22.6 Å². The van der Waals surface area contributed by atoms with Crippen LogP contribution in [0.1, 0.15) is 36.2 Å². The van der Waals surface area contributed by atoms with Crippen molar-refractivity contribution in [2.75, 3.05) is 7.05 Å². The van der Waals surface area contributed by atoms with Crippen molar-refractivity contribution >= 4 is 28.4 Å². The van der Waals surface area contributed by atoms with Gasteiger partial charge in [0.2, 0.25) is 0 Å². The van der Waals surface area contributed by atoms with Crippen LogP contribution in [-0.4, -0.2) is 40.1 Å². The molecule has 2 unspecified atom stereocenters. The fraction of sp³-hybridized carbons (Fsp3) is 0.500. The molecule has 23 heavy (non-hydrogen) atoms. The lowest BCUT2D eigenvalue weighted by Gasteiger charge is -2.25. The average molecular weight is 333 g/mol. The van der Waals surface area contributed by atoms with E-state index in [9.17, 15) is 9.90 Å². The summed E-state index contributed by atoms with van der Waals surface area (Å²) in [5.74, 6) is 1.18. The number of hydrogen-bond acceptors (Lipinski definition) is 2. The van der Waals surface area contributed by atoms with Crippen LogP contribution in [0.5, 0.6) is 0 Å². The van der Waals surface area contributed by atoms with Gasteiger partial charge in [0, 0.05) is 29.0 Å². The number of rotatable bonds is 2. The molecule has 4 atom stereocenters. The first-order chi connectivity index (χ1) is 11.0. The highest BCUT2D eigenvalue weighted by atomic mass is 35.5. The van der Waals surface area contributed by atoms with Gasteiger partial charge in [0.15, 0.2) is 0 Å². The molecule has 122 valence electrons. The number of H-pyrrole nitrogens is 1. The fourth-order valence-corrected chi connectivity index (χ4v) is 4.62. The molecule has 4 rings (SSSR count). The molecule has 1 aromatic carbocycles. The van der Waals surface area contributed by atoms with Crippen molar-refractivity contribution in [3.05, 3.63) is 35.0 Å². The largest absolute Gasteiger partial charge is 0.393 e. The van der Waals surface area contributed by atoms with Gasteiger partial charge in [0.25, 0.3) is 5.91 Å². The highest BCUT2D eigenvalue weighted by Crippen LogP contribution is 2.45. The third kappa shape index (κ3) is 2.64. The Balaban J connectivity index is 1.51. The maximum Gasteiger partial charge on any atom is 0.270 e. The predicted octanol–water partition coefficient (Wildman–Crippen LogP) is 3.44. The number of amides is 1. The molecular weight excluding hydrogens is 312 g/mol. The lowest BCUT2D eigenvalue weighted by atomic mass is 10.0. The molecule has 5 heteroatoms. The van der Waals surface area contributed by atoms with Crippen LogP contribution in [0.15, 0.2) is 24.3 Å². The monoisotopic (exact) mass is 332 g/mol. The zero-order valence-corrected chi connectivity index (χ0v) is 13.9. The molecule has 2 fully saturated rings. The van der Waals surface area contributed by atoms with Crippen LogP contribution in [0.4, 0.5) is 0 Å². The van der Waals surface area contributed by atoms with E-state index in [-0.39, 0.29) is 18.1 Å². The minimum atomic E-state index is -0.134. The molecule has 2 N–H and O–H groups in total. The number of halogens is 1. The van der Waals surface area contributed by atoms with Gasteiger partial charge in [0.1, 0.15) is 5.69 Å². The SMILES string of the molecule is CN(C(=O)c1cc2cc(Cl)ccc2[nH]1)C1C[C@H]2CC(O)C[C@H]2C1. The van der Waals surface area contributed by atoms with E-state index in [2.05, 4.69) is 4.98 Å². The van der Waals surface area contributed by atoms with Crippen LogP contribution in [0, 0.1) is 11.8 Å². The van der Waals surface area contributed by atoms with Crippen molar-refractivity contribution < 1.29 is 9.90 Å². The van der Waals surface area contributed by atoms with E-state index in [1.807, 2.05) is 36.2 Å². The number of aliphatic hydroxyl groups is 1. The summed E-state index contributed by atoms with van der Waals surface area (Å²) in [5.41, 5.74) is 1.54. The van der Waals surface area contributed by atoms with Gasteiger partial charge in [-0.1, -0.05) is 11.6 Å². The summed E-state index contributed by atoms with van der Waals surface area (Å²) in [6.45, 7) is 0. The Labute approximate surface area is 140 Å². The highest BCUT2D eigenvalue weighted by molar-refractivity contribution is 6.31. The standard InChI is InChI=1S/C18H21ClN2O2/c1-21(14-5-10-7-15(22)8-11(10)6-14)18(23)17-9-12-4-13(19)2-3-16(12)20-17/h2-4,9-11,14-15,20,22H,5-8H2,1H3/t10-,11+,14?,15?. The Morgan fingerprint density at radius 3 is 2.61 bits per heavy atom. The molecule has 1 heterocycles. The van der Waals surface area contributed by atoms with Crippen molar-refractivity contribution in [1.82, 2.24) is 9.88 Å².